The molecule has 0 heterocycles. The standard InChI is InChI=1S/C22H24N2O4.ClH/c1-2-13-27-21(25)20(11-12-23)24-22(26)28-14-19-17-9-5-3-7-15(17)16-8-4-6-10-18(16)19;/h2-10,19-20H,1,11-14,23H2,(H,24,26);1H/t20-;/m0./s1. The lowest BCUT2D eigenvalue weighted by atomic mass is 9.98. The molecule has 1 atom stereocenters. The second-order valence-corrected chi connectivity index (χ2v) is 6.52. The molecule has 0 bridgehead atoms. The van der Waals surface area contributed by atoms with Crippen molar-refractivity contribution >= 4 is 24.5 Å². The Labute approximate surface area is 176 Å². The molecule has 0 spiro atoms. The Morgan fingerprint density at radius 2 is 1.66 bits per heavy atom. The van der Waals surface area contributed by atoms with E-state index in [9.17, 15) is 9.59 Å². The molecule has 2 aromatic rings. The van der Waals surface area contributed by atoms with E-state index in [4.69, 9.17) is 15.2 Å². The molecule has 1 aliphatic carbocycles. The van der Waals surface area contributed by atoms with Crippen molar-refractivity contribution in [1.82, 2.24) is 5.32 Å². The summed E-state index contributed by atoms with van der Waals surface area (Å²) >= 11 is 0. The highest BCUT2D eigenvalue weighted by molar-refractivity contribution is 5.85. The molecule has 2 aromatic carbocycles. The fraction of sp³-hybridized carbons (Fsp3) is 0.273. The largest absolute Gasteiger partial charge is 0.460 e. The molecule has 0 unspecified atom stereocenters. The quantitative estimate of drug-likeness (QED) is 0.508. The molecular formula is C22H25ClN2O4. The molecule has 0 saturated carbocycles. The van der Waals surface area contributed by atoms with Crippen molar-refractivity contribution in [3.8, 4) is 11.1 Å². The van der Waals surface area contributed by atoms with Crippen molar-refractivity contribution in [2.24, 2.45) is 5.73 Å². The molecule has 0 radical (unpaired) electrons. The number of carbonyl (C=O) groups excluding carboxylic acids is 2. The highest BCUT2D eigenvalue weighted by Crippen LogP contribution is 2.44. The van der Waals surface area contributed by atoms with Gasteiger partial charge in [-0.3, -0.25) is 0 Å². The molecule has 0 aromatic heterocycles. The number of esters is 1. The van der Waals surface area contributed by atoms with E-state index in [2.05, 4.69) is 24.0 Å². The number of fused-ring (bicyclic) bond motifs is 3. The van der Waals surface area contributed by atoms with Crippen LogP contribution in [0.2, 0.25) is 0 Å². The number of nitrogens with one attached hydrogen (secondary N) is 1. The van der Waals surface area contributed by atoms with Crippen LogP contribution in [0.15, 0.2) is 61.2 Å². The summed E-state index contributed by atoms with van der Waals surface area (Å²) in [6.07, 6.45) is 1.06. The van der Waals surface area contributed by atoms with Gasteiger partial charge in [0.15, 0.2) is 0 Å². The number of halogens is 1. The SMILES string of the molecule is C=CCOC(=O)[C@H](CCN)NC(=O)OCC1c2ccccc2-c2ccccc21.Cl. The summed E-state index contributed by atoms with van der Waals surface area (Å²) in [5.41, 5.74) is 10.1. The molecule has 29 heavy (non-hydrogen) atoms. The number of nitrogens with two attached hydrogens (primary N) is 1. The zero-order chi connectivity index (χ0) is 19.9. The Balaban J connectivity index is 0.00000300. The summed E-state index contributed by atoms with van der Waals surface area (Å²) in [6, 6.07) is 15.3. The van der Waals surface area contributed by atoms with Crippen LogP contribution in [0, 0.1) is 0 Å². The maximum absolute atomic E-state index is 12.3. The number of ether oxygens (including phenoxy) is 2. The van der Waals surface area contributed by atoms with Crippen molar-refractivity contribution in [2.75, 3.05) is 19.8 Å². The number of amides is 1. The molecule has 0 aliphatic heterocycles. The van der Waals surface area contributed by atoms with Crippen LogP contribution in [0.3, 0.4) is 0 Å². The van der Waals surface area contributed by atoms with Gasteiger partial charge in [-0.05, 0) is 35.2 Å². The maximum atomic E-state index is 12.3. The average molecular weight is 417 g/mol. The minimum Gasteiger partial charge on any atom is -0.460 e. The lowest BCUT2D eigenvalue weighted by molar-refractivity contribution is -0.144. The van der Waals surface area contributed by atoms with Crippen molar-refractivity contribution in [2.45, 2.75) is 18.4 Å². The van der Waals surface area contributed by atoms with Crippen LogP contribution in [0.5, 0.6) is 0 Å². The minimum absolute atomic E-state index is 0. The topological polar surface area (TPSA) is 90.6 Å². The fourth-order valence-corrected chi connectivity index (χ4v) is 3.44. The first-order chi connectivity index (χ1) is 13.7. The predicted molar refractivity (Wildman–Crippen MR) is 114 cm³/mol. The second-order valence-electron chi connectivity index (χ2n) is 6.52. The van der Waals surface area contributed by atoms with Crippen LogP contribution in [-0.4, -0.2) is 37.9 Å². The highest BCUT2D eigenvalue weighted by Gasteiger charge is 2.29. The van der Waals surface area contributed by atoms with Gasteiger partial charge in [0.2, 0.25) is 0 Å². The second kappa shape index (κ2) is 10.6. The van der Waals surface area contributed by atoms with E-state index in [1.165, 1.54) is 6.08 Å². The van der Waals surface area contributed by atoms with E-state index in [1.807, 2.05) is 36.4 Å². The third-order valence-corrected chi connectivity index (χ3v) is 4.72. The maximum Gasteiger partial charge on any atom is 0.407 e. The molecule has 3 N–H and O–H groups in total. The molecule has 7 heteroatoms. The Hall–Kier alpha value is -2.83. The number of benzene rings is 2. The lowest BCUT2D eigenvalue weighted by Crippen LogP contribution is -2.43. The van der Waals surface area contributed by atoms with E-state index in [0.29, 0.717) is 0 Å². The fourth-order valence-electron chi connectivity index (χ4n) is 3.44. The Morgan fingerprint density at radius 3 is 2.21 bits per heavy atom. The minimum atomic E-state index is -0.847. The average Bonchev–Trinajstić information content (AvgIpc) is 3.04. The third kappa shape index (κ3) is 5.16. The molecule has 154 valence electrons. The number of alkyl carbamates (subject to hydrolysis) is 1. The molecule has 1 aliphatic rings. The summed E-state index contributed by atoms with van der Waals surface area (Å²) < 4.78 is 10.4. The Morgan fingerprint density at radius 1 is 1.07 bits per heavy atom. The van der Waals surface area contributed by atoms with Gasteiger partial charge >= 0.3 is 12.1 Å². The highest BCUT2D eigenvalue weighted by atomic mass is 35.5. The van der Waals surface area contributed by atoms with Gasteiger partial charge in [0.05, 0.1) is 0 Å². The van der Waals surface area contributed by atoms with Crippen LogP contribution in [0.4, 0.5) is 4.79 Å². The third-order valence-electron chi connectivity index (χ3n) is 4.72. The molecule has 3 rings (SSSR count). The number of carbonyl (C=O) groups is 2. The van der Waals surface area contributed by atoms with E-state index < -0.39 is 18.1 Å². The van der Waals surface area contributed by atoms with Gasteiger partial charge in [0, 0.05) is 5.92 Å². The summed E-state index contributed by atoms with van der Waals surface area (Å²) in [6.45, 7) is 3.98. The van der Waals surface area contributed by atoms with Crippen LogP contribution in [-0.2, 0) is 14.3 Å². The number of hydrogen-bond donors (Lipinski definition) is 2. The number of hydrogen-bond acceptors (Lipinski definition) is 5. The lowest BCUT2D eigenvalue weighted by Gasteiger charge is -2.18. The Bertz CT molecular complexity index is 826. The monoisotopic (exact) mass is 416 g/mol. The summed E-state index contributed by atoms with van der Waals surface area (Å²) in [7, 11) is 0. The van der Waals surface area contributed by atoms with E-state index in [1.54, 1.807) is 0 Å². The van der Waals surface area contributed by atoms with E-state index >= 15 is 0 Å². The first-order valence-corrected chi connectivity index (χ1v) is 9.24. The Kier molecular flexibility index (Phi) is 8.24. The van der Waals surface area contributed by atoms with Gasteiger partial charge < -0.3 is 20.5 Å². The first kappa shape index (κ1) is 22.5. The summed E-state index contributed by atoms with van der Waals surface area (Å²) in [4.78, 5) is 24.3. The van der Waals surface area contributed by atoms with Crippen molar-refractivity contribution in [3.63, 3.8) is 0 Å². The molecule has 6 nitrogen and oxygen atoms in total. The van der Waals surface area contributed by atoms with Crippen molar-refractivity contribution in [3.05, 3.63) is 72.3 Å². The van der Waals surface area contributed by atoms with Gasteiger partial charge in [-0.2, -0.15) is 0 Å². The van der Waals surface area contributed by atoms with Crippen LogP contribution < -0.4 is 11.1 Å². The number of rotatable bonds is 8. The van der Waals surface area contributed by atoms with Gasteiger partial charge in [-0.15, -0.1) is 12.4 Å². The predicted octanol–water partition coefficient (Wildman–Crippen LogP) is 3.39. The van der Waals surface area contributed by atoms with Gasteiger partial charge in [0.1, 0.15) is 19.3 Å². The molecule has 0 saturated heterocycles. The van der Waals surface area contributed by atoms with Crippen LogP contribution in [0.1, 0.15) is 23.5 Å². The zero-order valence-electron chi connectivity index (χ0n) is 16.0. The molecule has 1 amide bonds. The van der Waals surface area contributed by atoms with Gasteiger partial charge in [0.25, 0.3) is 0 Å². The summed E-state index contributed by atoms with van der Waals surface area (Å²) in [5.74, 6) is -0.599. The first-order valence-electron chi connectivity index (χ1n) is 9.24. The van der Waals surface area contributed by atoms with Gasteiger partial charge in [-0.1, -0.05) is 61.2 Å². The normalized spacial score (nSPS) is 12.7. The molecule has 0 fully saturated rings. The molecular weight excluding hydrogens is 392 g/mol. The van der Waals surface area contributed by atoms with Crippen molar-refractivity contribution < 1.29 is 19.1 Å². The van der Waals surface area contributed by atoms with Crippen LogP contribution in [0.25, 0.3) is 11.1 Å². The summed E-state index contributed by atoms with van der Waals surface area (Å²) in [5, 5.41) is 2.55. The van der Waals surface area contributed by atoms with Gasteiger partial charge in [-0.25, -0.2) is 9.59 Å². The van der Waals surface area contributed by atoms with Crippen molar-refractivity contribution in [1.29, 1.82) is 0 Å². The van der Waals surface area contributed by atoms with Crippen LogP contribution >= 0.6 is 12.4 Å². The smallest absolute Gasteiger partial charge is 0.407 e. The zero-order valence-corrected chi connectivity index (χ0v) is 16.8. The van der Waals surface area contributed by atoms with E-state index in [0.717, 1.165) is 22.3 Å². The van der Waals surface area contributed by atoms with E-state index in [-0.39, 0.29) is 44.5 Å².